The first-order valence-electron chi connectivity index (χ1n) is 4.47. The summed E-state index contributed by atoms with van der Waals surface area (Å²) in [6.45, 7) is 6.24. The Labute approximate surface area is 89.2 Å². The number of benzene rings is 1. The van der Waals surface area contributed by atoms with Gasteiger partial charge in [-0.2, -0.15) is 0 Å². The summed E-state index contributed by atoms with van der Waals surface area (Å²) < 4.78 is 0. The highest BCUT2D eigenvalue weighted by Gasteiger charge is 2.04. The van der Waals surface area contributed by atoms with Crippen molar-refractivity contribution in [1.29, 1.82) is 0 Å². The second-order valence-corrected chi connectivity index (χ2v) is 3.56. The third-order valence-electron chi connectivity index (χ3n) is 2.04. The molecule has 3 heteroatoms. The average Bonchev–Trinajstić information content (AvgIpc) is 2.20. The highest BCUT2D eigenvalue weighted by atomic mass is 35.5. The summed E-state index contributed by atoms with van der Waals surface area (Å²) in [5, 5.41) is 13.2. The summed E-state index contributed by atoms with van der Waals surface area (Å²) in [5.74, 6) is 0.151. The zero-order valence-electron chi connectivity index (χ0n) is 8.13. The maximum absolute atomic E-state index is 9.59. The molecule has 0 aliphatic carbocycles. The Kier molecular flexibility index (Phi) is 3.98. The third kappa shape index (κ3) is 2.76. The minimum atomic E-state index is 0.151. The summed E-state index contributed by atoms with van der Waals surface area (Å²) in [7, 11) is 0. The summed E-state index contributed by atoms with van der Waals surface area (Å²) in [5.41, 5.74) is 0.797. The Morgan fingerprint density at radius 2 is 2.36 bits per heavy atom. The molecule has 0 fully saturated rings. The first-order valence-corrected chi connectivity index (χ1v) is 4.85. The molecule has 0 aromatic heterocycles. The number of rotatable bonds is 4. The molecule has 1 rings (SSSR count). The quantitative estimate of drug-likeness (QED) is 0.751. The lowest BCUT2D eigenvalue weighted by Crippen LogP contribution is -2.22. The first kappa shape index (κ1) is 11.1. The Hall–Kier alpha value is -0.990. The van der Waals surface area contributed by atoms with Crippen molar-refractivity contribution in [3.63, 3.8) is 0 Å². The van der Waals surface area contributed by atoms with Crippen molar-refractivity contribution in [2.24, 2.45) is 0 Å². The smallest absolute Gasteiger partial charge is 0.138 e. The van der Waals surface area contributed by atoms with Gasteiger partial charge in [0.05, 0.1) is 5.02 Å². The van der Waals surface area contributed by atoms with Gasteiger partial charge in [-0.15, -0.1) is 6.58 Å². The van der Waals surface area contributed by atoms with Gasteiger partial charge in [0.2, 0.25) is 0 Å². The van der Waals surface area contributed by atoms with Crippen molar-refractivity contribution in [2.45, 2.75) is 19.5 Å². The maximum Gasteiger partial charge on any atom is 0.138 e. The normalized spacial score (nSPS) is 12.4. The molecule has 1 aromatic carbocycles. The van der Waals surface area contributed by atoms with Crippen LogP contribution < -0.4 is 5.32 Å². The Bertz CT molecular complexity index is 325. The van der Waals surface area contributed by atoms with Gasteiger partial charge in [0.25, 0.3) is 0 Å². The maximum atomic E-state index is 9.59. The van der Waals surface area contributed by atoms with Crippen LogP contribution >= 0.6 is 11.6 Å². The number of halogens is 1. The van der Waals surface area contributed by atoms with Gasteiger partial charge < -0.3 is 10.4 Å². The van der Waals surface area contributed by atoms with Crippen LogP contribution in [0.3, 0.4) is 0 Å². The van der Waals surface area contributed by atoms with Crippen LogP contribution in [0.1, 0.15) is 12.5 Å². The van der Waals surface area contributed by atoms with E-state index in [4.69, 9.17) is 11.6 Å². The molecule has 0 radical (unpaired) electrons. The minimum absolute atomic E-state index is 0.151. The lowest BCUT2D eigenvalue weighted by atomic mass is 10.2. The summed E-state index contributed by atoms with van der Waals surface area (Å²) in [6, 6.07) is 5.53. The van der Waals surface area contributed by atoms with Gasteiger partial charge in [0.1, 0.15) is 5.75 Å². The molecule has 0 heterocycles. The predicted molar refractivity (Wildman–Crippen MR) is 59.6 cm³/mol. The molecule has 0 aliphatic heterocycles. The van der Waals surface area contributed by atoms with E-state index in [0.29, 0.717) is 11.6 Å². The summed E-state index contributed by atoms with van der Waals surface area (Å²) >= 11 is 5.77. The predicted octanol–water partition coefficient (Wildman–Crippen LogP) is 2.71. The molecule has 1 unspecified atom stereocenters. The molecule has 0 saturated heterocycles. The topological polar surface area (TPSA) is 32.3 Å². The Morgan fingerprint density at radius 1 is 1.64 bits per heavy atom. The van der Waals surface area contributed by atoms with Crippen molar-refractivity contribution in [3.8, 4) is 5.75 Å². The van der Waals surface area contributed by atoms with Gasteiger partial charge in [-0.3, -0.25) is 0 Å². The van der Waals surface area contributed by atoms with E-state index in [1.165, 1.54) is 0 Å². The molecule has 2 N–H and O–H groups in total. The fourth-order valence-corrected chi connectivity index (χ4v) is 1.25. The fourth-order valence-electron chi connectivity index (χ4n) is 1.06. The fraction of sp³-hybridized carbons (Fsp3) is 0.273. The van der Waals surface area contributed by atoms with E-state index in [1.807, 2.05) is 25.1 Å². The third-order valence-corrected chi connectivity index (χ3v) is 2.34. The van der Waals surface area contributed by atoms with Gasteiger partial charge in [-0.05, 0) is 13.0 Å². The molecule has 2 nitrogen and oxygen atoms in total. The molecule has 1 atom stereocenters. The van der Waals surface area contributed by atoms with Crippen LogP contribution in [0.5, 0.6) is 5.75 Å². The highest BCUT2D eigenvalue weighted by Crippen LogP contribution is 2.26. The number of hydrogen-bond donors (Lipinski definition) is 2. The molecular formula is C11H14ClNO. The lowest BCUT2D eigenvalue weighted by molar-refractivity contribution is 0.463. The van der Waals surface area contributed by atoms with E-state index >= 15 is 0 Å². The monoisotopic (exact) mass is 211 g/mol. The van der Waals surface area contributed by atoms with Gasteiger partial charge in [0.15, 0.2) is 0 Å². The van der Waals surface area contributed by atoms with E-state index in [0.717, 1.165) is 5.56 Å². The molecular weight excluding hydrogens is 198 g/mol. The lowest BCUT2D eigenvalue weighted by Gasteiger charge is -2.10. The van der Waals surface area contributed by atoms with Crippen LogP contribution in [0.15, 0.2) is 30.9 Å². The van der Waals surface area contributed by atoms with E-state index in [1.54, 1.807) is 6.07 Å². The van der Waals surface area contributed by atoms with Crippen molar-refractivity contribution in [2.75, 3.05) is 0 Å². The molecule has 0 aliphatic rings. The van der Waals surface area contributed by atoms with Crippen LogP contribution in [-0.2, 0) is 6.54 Å². The molecule has 14 heavy (non-hydrogen) atoms. The van der Waals surface area contributed by atoms with E-state index < -0.39 is 0 Å². The zero-order valence-corrected chi connectivity index (χ0v) is 8.88. The van der Waals surface area contributed by atoms with E-state index in [9.17, 15) is 5.11 Å². The van der Waals surface area contributed by atoms with Crippen molar-refractivity contribution in [3.05, 3.63) is 41.4 Å². The Balaban J connectivity index is 2.67. The van der Waals surface area contributed by atoms with Crippen LogP contribution in [0.2, 0.25) is 5.02 Å². The molecule has 0 bridgehead atoms. The summed E-state index contributed by atoms with van der Waals surface area (Å²) in [6.07, 6.45) is 1.81. The second-order valence-electron chi connectivity index (χ2n) is 3.15. The van der Waals surface area contributed by atoms with Crippen molar-refractivity contribution < 1.29 is 5.11 Å². The molecule has 0 saturated carbocycles. The van der Waals surface area contributed by atoms with Crippen molar-refractivity contribution >= 4 is 11.6 Å². The van der Waals surface area contributed by atoms with Crippen LogP contribution in [0.4, 0.5) is 0 Å². The summed E-state index contributed by atoms with van der Waals surface area (Å²) in [4.78, 5) is 0. The van der Waals surface area contributed by atoms with Crippen LogP contribution in [0, 0.1) is 0 Å². The largest absolute Gasteiger partial charge is 0.506 e. The van der Waals surface area contributed by atoms with Gasteiger partial charge in [-0.1, -0.05) is 29.8 Å². The number of para-hydroxylation sites is 1. The molecule has 0 spiro atoms. The van der Waals surface area contributed by atoms with E-state index in [-0.39, 0.29) is 11.8 Å². The number of phenols is 1. The van der Waals surface area contributed by atoms with Gasteiger partial charge in [-0.25, -0.2) is 0 Å². The number of aromatic hydroxyl groups is 1. The second kappa shape index (κ2) is 5.03. The number of phenolic OH excluding ortho intramolecular Hbond substituents is 1. The first-order chi connectivity index (χ1) is 6.65. The Morgan fingerprint density at radius 3 is 3.00 bits per heavy atom. The van der Waals surface area contributed by atoms with Gasteiger partial charge in [0, 0.05) is 18.2 Å². The number of hydrogen-bond acceptors (Lipinski definition) is 2. The molecule has 76 valence electrons. The highest BCUT2D eigenvalue weighted by molar-refractivity contribution is 6.32. The van der Waals surface area contributed by atoms with Crippen LogP contribution in [-0.4, -0.2) is 11.1 Å². The van der Waals surface area contributed by atoms with Crippen LogP contribution in [0.25, 0.3) is 0 Å². The van der Waals surface area contributed by atoms with E-state index in [2.05, 4.69) is 11.9 Å². The number of nitrogens with one attached hydrogen (secondary N) is 1. The SMILES string of the molecule is C=CC(C)NCc1cccc(Cl)c1O. The molecule has 0 amide bonds. The molecule has 1 aromatic rings. The minimum Gasteiger partial charge on any atom is -0.506 e. The average molecular weight is 212 g/mol. The standard InChI is InChI=1S/C11H14ClNO/c1-3-8(2)13-7-9-5-4-6-10(12)11(9)14/h3-6,8,13-14H,1,7H2,2H3. The van der Waals surface area contributed by atoms with Gasteiger partial charge >= 0.3 is 0 Å². The van der Waals surface area contributed by atoms with Crippen molar-refractivity contribution in [1.82, 2.24) is 5.32 Å². The zero-order chi connectivity index (χ0) is 10.6.